The molecule has 1 unspecified atom stereocenters. The van der Waals surface area contributed by atoms with Gasteiger partial charge in [-0.3, -0.25) is 0 Å². The average Bonchev–Trinajstić information content (AvgIpc) is 2.39. The summed E-state index contributed by atoms with van der Waals surface area (Å²) in [6.07, 6.45) is 0.557. The summed E-state index contributed by atoms with van der Waals surface area (Å²) in [7, 11) is 0. The van der Waals surface area contributed by atoms with Gasteiger partial charge in [0.05, 0.1) is 0 Å². The first-order chi connectivity index (χ1) is 8.70. The Kier molecular flexibility index (Phi) is 4.48. The van der Waals surface area contributed by atoms with E-state index in [1.807, 2.05) is 30.3 Å². The molecule has 2 aromatic carbocycles. The summed E-state index contributed by atoms with van der Waals surface area (Å²) in [5, 5.41) is 0.744. The van der Waals surface area contributed by atoms with Crippen LogP contribution >= 0.6 is 15.9 Å². The molecule has 1 atom stereocenters. The van der Waals surface area contributed by atoms with Gasteiger partial charge in [-0.15, -0.1) is 0 Å². The number of hydrogen-bond acceptors (Lipinski definition) is 0. The van der Waals surface area contributed by atoms with Crippen molar-refractivity contribution in [3.8, 4) is 0 Å². The smallest absolute Gasteiger partial charge is 0.129 e. The molecule has 0 N–H and O–H groups in total. The van der Waals surface area contributed by atoms with E-state index in [2.05, 4.69) is 15.9 Å². The van der Waals surface area contributed by atoms with E-state index in [1.54, 1.807) is 0 Å². The Hall–Kier alpha value is -1.22. The van der Waals surface area contributed by atoms with Crippen LogP contribution in [0.15, 0.2) is 48.5 Å². The third-order valence-corrected chi connectivity index (χ3v) is 3.72. The van der Waals surface area contributed by atoms with Crippen LogP contribution < -0.4 is 0 Å². The monoisotopic (exact) mass is 310 g/mol. The van der Waals surface area contributed by atoms with E-state index < -0.39 is 11.6 Å². The number of benzene rings is 2. The maximum absolute atomic E-state index is 13.6. The van der Waals surface area contributed by atoms with E-state index in [4.69, 9.17) is 0 Å². The highest BCUT2D eigenvalue weighted by Crippen LogP contribution is 2.24. The Morgan fingerprint density at radius 2 is 1.72 bits per heavy atom. The first-order valence-electron chi connectivity index (χ1n) is 5.75. The van der Waals surface area contributed by atoms with Crippen LogP contribution in [0.2, 0.25) is 0 Å². The van der Waals surface area contributed by atoms with E-state index in [1.165, 1.54) is 12.1 Å². The number of alkyl halides is 1. The SMILES string of the molecule is Fc1ccc(CC(CBr)c2ccccc2)c(F)c1. The largest absolute Gasteiger partial charge is 0.207 e. The fourth-order valence-electron chi connectivity index (χ4n) is 1.94. The minimum absolute atomic E-state index is 0.186. The Labute approximate surface area is 114 Å². The van der Waals surface area contributed by atoms with Crippen LogP contribution in [-0.4, -0.2) is 5.33 Å². The van der Waals surface area contributed by atoms with Gasteiger partial charge in [-0.1, -0.05) is 52.3 Å². The second-order valence-electron chi connectivity index (χ2n) is 4.20. The van der Waals surface area contributed by atoms with Crippen molar-refractivity contribution < 1.29 is 8.78 Å². The maximum atomic E-state index is 13.6. The predicted octanol–water partition coefficient (Wildman–Crippen LogP) is 4.69. The molecule has 0 amide bonds. The van der Waals surface area contributed by atoms with Crippen molar-refractivity contribution in [1.82, 2.24) is 0 Å². The van der Waals surface area contributed by atoms with Crippen LogP contribution in [0.1, 0.15) is 17.0 Å². The van der Waals surface area contributed by atoms with Crippen LogP contribution in [0, 0.1) is 11.6 Å². The lowest BCUT2D eigenvalue weighted by Gasteiger charge is -2.15. The van der Waals surface area contributed by atoms with Crippen LogP contribution in [-0.2, 0) is 6.42 Å². The summed E-state index contributed by atoms with van der Waals surface area (Å²) in [5.41, 5.74) is 1.70. The molecule has 0 aliphatic rings. The molecule has 0 saturated carbocycles. The van der Waals surface area contributed by atoms with Crippen LogP contribution in [0.3, 0.4) is 0 Å². The summed E-state index contributed by atoms with van der Waals surface area (Å²) in [4.78, 5) is 0. The number of hydrogen-bond donors (Lipinski definition) is 0. The Balaban J connectivity index is 2.21. The van der Waals surface area contributed by atoms with Gasteiger partial charge in [-0.05, 0) is 29.5 Å². The quantitative estimate of drug-likeness (QED) is 0.719. The molecule has 0 saturated heterocycles. The molecule has 0 bridgehead atoms. The van der Waals surface area contributed by atoms with Gasteiger partial charge in [0.1, 0.15) is 11.6 Å². The van der Waals surface area contributed by atoms with Crippen molar-refractivity contribution >= 4 is 15.9 Å². The lowest BCUT2D eigenvalue weighted by atomic mass is 9.93. The highest BCUT2D eigenvalue weighted by Gasteiger charge is 2.13. The normalized spacial score (nSPS) is 12.4. The van der Waals surface area contributed by atoms with Gasteiger partial charge in [0, 0.05) is 11.4 Å². The maximum Gasteiger partial charge on any atom is 0.129 e. The van der Waals surface area contributed by atoms with E-state index in [0.717, 1.165) is 17.0 Å². The predicted molar refractivity (Wildman–Crippen MR) is 73.0 cm³/mol. The van der Waals surface area contributed by atoms with E-state index in [9.17, 15) is 8.78 Å². The minimum atomic E-state index is -0.536. The minimum Gasteiger partial charge on any atom is -0.207 e. The van der Waals surface area contributed by atoms with Gasteiger partial charge in [0.25, 0.3) is 0 Å². The summed E-state index contributed by atoms with van der Waals surface area (Å²) < 4.78 is 26.4. The molecule has 0 radical (unpaired) electrons. The molecular weight excluding hydrogens is 298 g/mol. The first-order valence-corrected chi connectivity index (χ1v) is 6.87. The molecule has 2 aromatic rings. The van der Waals surface area contributed by atoms with Crippen molar-refractivity contribution in [3.63, 3.8) is 0 Å². The van der Waals surface area contributed by atoms with Crippen LogP contribution in [0.4, 0.5) is 8.78 Å². The molecule has 0 aromatic heterocycles. The van der Waals surface area contributed by atoms with E-state index in [-0.39, 0.29) is 5.92 Å². The zero-order valence-electron chi connectivity index (χ0n) is 9.74. The summed E-state index contributed by atoms with van der Waals surface area (Å²) in [6.45, 7) is 0. The summed E-state index contributed by atoms with van der Waals surface area (Å²) in [6, 6.07) is 13.7. The molecule has 2 rings (SSSR count). The Bertz CT molecular complexity index is 511. The third kappa shape index (κ3) is 3.16. The molecule has 0 aliphatic heterocycles. The summed E-state index contributed by atoms with van der Waals surface area (Å²) >= 11 is 3.45. The van der Waals surface area contributed by atoms with Gasteiger partial charge >= 0.3 is 0 Å². The standard InChI is InChI=1S/C15H13BrF2/c16-10-13(11-4-2-1-3-5-11)8-12-6-7-14(17)9-15(12)18/h1-7,9,13H,8,10H2. The lowest BCUT2D eigenvalue weighted by molar-refractivity contribution is 0.566. The molecule has 0 fully saturated rings. The van der Waals surface area contributed by atoms with Gasteiger partial charge in [-0.2, -0.15) is 0 Å². The Morgan fingerprint density at radius 1 is 1.00 bits per heavy atom. The second kappa shape index (κ2) is 6.10. The first kappa shape index (κ1) is 13.2. The van der Waals surface area contributed by atoms with Crippen molar-refractivity contribution in [2.75, 3.05) is 5.33 Å². The second-order valence-corrected chi connectivity index (χ2v) is 4.85. The van der Waals surface area contributed by atoms with Gasteiger partial charge in [-0.25, -0.2) is 8.78 Å². The molecule has 0 spiro atoms. The molecule has 0 heterocycles. The van der Waals surface area contributed by atoms with Crippen molar-refractivity contribution in [1.29, 1.82) is 0 Å². The highest BCUT2D eigenvalue weighted by atomic mass is 79.9. The molecular formula is C15H13BrF2. The lowest BCUT2D eigenvalue weighted by Crippen LogP contribution is -2.06. The van der Waals surface area contributed by atoms with Crippen molar-refractivity contribution in [2.24, 2.45) is 0 Å². The average molecular weight is 311 g/mol. The molecule has 94 valence electrons. The zero-order chi connectivity index (χ0) is 13.0. The fourth-order valence-corrected chi connectivity index (χ4v) is 2.54. The van der Waals surface area contributed by atoms with E-state index in [0.29, 0.717) is 12.0 Å². The van der Waals surface area contributed by atoms with Crippen molar-refractivity contribution in [3.05, 3.63) is 71.3 Å². The van der Waals surface area contributed by atoms with Crippen LogP contribution in [0.25, 0.3) is 0 Å². The van der Waals surface area contributed by atoms with Gasteiger partial charge < -0.3 is 0 Å². The van der Waals surface area contributed by atoms with Crippen LogP contribution in [0.5, 0.6) is 0 Å². The van der Waals surface area contributed by atoms with E-state index >= 15 is 0 Å². The fraction of sp³-hybridized carbons (Fsp3) is 0.200. The highest BCUT2D eigenvalue weighted by molar-refractivity contribution is 9.09. The number of rotatable bonds is 4. The van der Waals surface area contributed by atoms with Gasteiger partial charge in [0.2, 0.25) is 0 Å². The van der Waals surface area contributed by atoms with Gasteiger partial charge in [0.15, 0.2) is 0 Å². The molecule has 3 heteroatoms. The molecule has 18 heavy (non-hydrogen) atoms. The Morgan fingerprint density at radius 3 is 2.33 bits per heavy atom. The zero-order valence-corrected chi connectivity index (χ0v) is 11.3. The molecule has 0 nitrogen and oxygen atoms in total. The topological polar surface area (TPSA) is 0 Å². The third-order valence-electron chi connectivity index (χ3n) is 2.94. The number of halogens is 3. The molecule has 0 aliphatic carbocycles. The summed E-state index contributed by atoms with van der Waals surface area (Å²) in [5.74, 6) is -0.825. The van der Waals surface area contributed by atoms with Crippen molar-refractivity contribution in [2.45, 2.75) is 12.3 Å².